The Morgan fingerprint density at radius 1 is 1.20 bits per heavy atom. The highest BCUT2D eigenvalue weighted by atomic mass is 35.5. The van der Waals surface area contributed by atoms with Gasteiger partial charge < -0.3 is 15.4 Å². The van der Waals surface area contributed by atoms with E-state index >= 15 is 0 Å². The maximum absolute atomic E-state index is 14.4. The largest absolute Gasteiger partial charge is 0.490 e. The monoisotopic (exact) mass is 368 g/mol. The summed E-state index contributed by atoms with van der Waals surface area (Å²) in [7, 11) is 0. The zero-order valence-electron chi connectivity index (χ0n) is 13.5. The van der Waals surface area contributed by atoms with E-state index in [1.807, 2.05) is 6.07 Å². The molecule has 2 aromatic carbocycles. The highest BCUT2D eigenvalue weighted by molar-refractivity contribution is 5.91. The number of nitrogens with one attached hydrogen (secondary N) is 2. The minimum absolute atomic E-state index is 0. The van der Waals surface area contributed by atoms with Crippen molar-refractivity contribution in [1.29, 1.82) is 0 Å². The Bertz CT molecular complexity index is 756. The summed E-state index contributed by atoms with van der Waals surface area (Å²) < 4.78 is 33.1. The van der Waals surface area contributed by atoms with Gasteiger partial charge in [-0.15, -0.1) is 12.4 Å². The molecule has 0 bridgehead atoms. The van der Waals surface area contributed by atoms with Crippen LogP contribution < -0.4 is 15.4 Å². The SMILES string of the molecule is Cl.O=C(CCOc1ccccc1F)Nc1ccc2c(c1F)CCNC2. The molecule has 1 heterocycles. The average molecular weight is 369 g/mol. The lowest BCUT2D eigenvalue weighted by atomic mass is 9.99. The van der Waals surface area contributed by atoms with Gasteiger partial charge >= 0.3 is 0 Å². The van der Waals surface area contributed by atoms with Crippen LogP contribution in [-0.2, 0) is 17.8 Å². The van der Waals surface area contributed by atoms with Crippen LogP contribution >= 0.6 is 12.4 Å². The standard InChI is InChI=1S/C18H18F2N2O2.ClH/c19-14-3-1-2-4-16(14)24-10-8-17(23)22-15-6-5-12-11-21-9-7-13(12)18(15)20;/h1-6,21H,7-11H2,(H,22,23);1H. The van der Waals surface area contributed by atoms with Crippen molar-refractivity contribution >= 4 is 24.0 Å². The van der Waals surface area contributed by atoms with Crippen molar-refractivity contribution < 1.29 is 18.3 Å². The summed E-state index contributed by atoms with van der Waals surface area (Å²) in [5, 5.41) is 5.73. The highest BCUT2D eigenvalue weighted by Gasteiger charge is 2.17. The Hall–Kier alpha value is -2.18. The minimum Gasteiger partial charge on any atom is -0.490 e. The molecule has 0 aromatic heterocycles. The summed E-state index contributed by atoms with van der Waals surface area (Å²) in [5.74, 6) is -1.14. The van der Waals surface area contributed by atoms with Crippen molar-refractivity contribution in [3.8, 4) is 5.75 Å². The molecule has 0 spiro atoms. The number of hydrogen-bond acceptors (Lipinski definition) is 3. The second-order valence-corrected chi connectivity index (χ2v) is 5.57. The second kappa shape index (κ2) is 8.78. The number of benzene rings is 2. The number of rotatable bonds is 5. The lowest BCUT2D eigenvalue weighted by Crippen LogP contribution is -2.25. The number of para-hydroxylation sites is 1. The van der Waals surface area contributed by atoms with Crippen LogP contribution in [0.3, 0.4) is 0 Å². The summed E-state index contributed by atoms with van der Waals surface area (Å²) in [4.78, 5) is 11.9. The van der Waals surface area contributed by atoms with Gasteiger partial charge in [0, 0.05) is 6.54 Å². The first-order valence-corrected chi connectivity index (χ1v) is 7.83. The number of anilines is 1. The van der Waals surface area contributed by atoms with Crippen molar-refractivity contribution in [2.45, 2.75) is 19.4 Å². The second-order valence-electron chi connectivity index (χ2n) is 5.57. The molecule has 0 saturated heterocycles. The normalized spacial score (nSPS) is 12.7. The molecule has 0 fully saturated rings. The van der Waals surface area contributed by atoms with Gasteiger partial charge in [0.15, 0.2) is 11.6 Å². The molecule has 4 nitrogen and oxygen atoms in total. The summed E-state index contributed by atoms with van der Waals surface area (Å²) in [6.45, 7) is 1.37. The van der Waals surface area contributed by atoms with Gasteiger partial charge in [-0.2, -0.15) is 0 Å². The number of amides is 1. The molecule has 1 aliphatic heterocycles. The first-order valence-electron chi connectivity index (χ1n) is 7.83. The fourth-order valence-electron chi connectivity index (χ4n) is 2.66. The Morgan fingerprint density at radius 3 is 2.80 bits per heavy atom. The van der Waals surface area contributed by atoms with Crippen LogP contribution in [0.5, 0.6) is 5.75 Å². The maximum Gasteiger partial charge on any atom is 0.227 e. The van der Waals surface area contributed by atoms with Crippen LogP contribution in [0.4, 0.5) is 14.5 Å². The van der Waals surface area contributed by atoms with Crippen molar-refractivity contribution in [2.75, 3.05) is 18.5 Å². The number of carbonyl (C=O) groups excluding carboxylic acids is 1. The summed E-state index contributed by atoms with van der Waals surface area (Å²) in [6, 6.07) is 9.36. The Morgan fingerprint density at radius 2 is 2.00 bits per heavy atom. The highest BCUT2D eigenvalue weighted by Crippen LogP contribution is 2.24. The van der Waals surface area contributed by atoms with Gasteiger partial charge in [-0.05, 0) is 42.3 Å². The van der Waals surface area contributed by atoms with E-state index in [4.69, 9.17) is 4.74 Å². The first-order chi connectivity index (χ1) is 11.6. The topological polar surface area (TPSA) is 50.4 Å². The molecule has 0 saturated carbocycles. The van der Waals surface area contributed by atoms with Gasteiger partial charge in [-0.25, -0.2) is 8.78 Å². The van der Waals surface area contributed by atoms with Crippen molar-refractivity contribution in [2.24, 2.45) is 0 Å². The summed E-state index contributed by atoms with van der Waals surface area (Å²) in [6.07, 6.45) is 0.605. The van der Waals surface area contributed by atoms with Crippen molar-refractivity contribution in [3.05, 3.63) is 59.2 Å². The Labute approximate surface area is 151 Å². The number of ether oxygens (including phenoxy) is 1. The van der Waals surface area contributed by atoms with Crippen LogP contribution in [0.15, 0.2) is 36.4 Å². The van der Waals surface area contributed by atoms with Crippen LogP contribution in [-0.4, -0.2) is 19.1 Å². The predicted molar refractivity (Wildman–Crippen MR) is 94.2 cm³/mol. The molecular formula is C18H19ClF2N2O2. The first kappa shape index (κ1) is 19.1. The number of fused-ring (bicyclic) bond motifs is 1. The summed E-state index contributed by atoms with van der Waals surface area (Å²) in [5.41, 5.74) is 1.74. The Kier molecular flexibility index (Phi) is 6.73. The van der Waals surface area contributed by atoms with E-state index in [9.17, 15) is 13.6 Å². The van der Waals surface area contributed by atoms with E-state index in [1.165, 1.54) is 12.1 Å². The van der Waals surface area contributed by atoms with E-state index in [1.54, 1.807) is 18.2 Å². The van der Waals surface area contributed by atoms with E-state index < -0.39 is 5.82 Å². The molecule has 134 valence electrons. The number of hydrogen-bond donors (Lipinski definition) is 2. The molecule has 0 aliphatic carbocycles. The van der Waals surface area contributed by atoms with E-state index in [-0.39, 0.29) is 48.6 Å². The van der Waals surface area contributed by atoms with E-state index in [0.717, 1.165) is 12.1 Å². The third kappa shape index (κ3) is 4.67. The minimum atomic E-state index is -0.479. The molecule has 3 rings (SSSR count). The van der Waals surface area contributed by atoms with Gasteiger partial charge in [-0.3, -0.25) is 4.79 Å². The number of halogens is 3. The van der Waals surface area contributed by atoms with Crippen LogP contribution in [0.2, 0.25) is 0 Å². The van der Waals surface area contributed by atoms with Crippen LogP contribution in [0, 0.1) is 11.6 Å². The molecule has 1 aliphatic rings. The molecule has 0 radical (unpaired) electrons. The van der Waals surface area contributed by atoms with Gasteiger partial charge in [0.2, 0.25) is 5.91 Å². The lowest BCUT2D eigenvalue weighted by molar-refractivity contribution is -0.116. The molecule has 7 heteroatoms. The van der Waals surface area contributed by atoms with Crippen molar-refractivity contribution in [3.63, 3.8) is 0 Å². The third-order valence-corrected chi connectivity index (χ3v) is 3.90. The number of carbonyl (C=O) groups is 1. The smallest absolute Gasteiger partial charge is 0.227 e. The zero-order valence-corrected chi connectivity index (χ0v) is 14.3. The van der Waals surface area contributed by atoms with Crippen molar-refractivity contribution in [1.82, 2.24) is 5.32 Å². The van der Waals surface area contributed by atoms with E-state index in [2.05, 4.69) is 10.6 Å². The molecule has 2 aromatic rings. The van der Waals surface area contributed by atoms with Gasteiger partial charge in [0.1, 0.15) is 5.82 Å². The maximum atomic E-state index is 14.4. The van der Waals surface area contributed by atoms with Gasteiger partial charge in [0.25, 0.3) is 0 Å². The molecule has 0 atom stereocenters. The average Bonchev–Trinajstić information content (AvgIpc) is 2.59. The lowest BCUT2D eigenvalue weighted by Gasteiger charge is -2.19. The Balaban J connectivity index is 0.00000225. The quantitative estimate of drug-likeness (QED) is 0.850. The van der Waals surface area contributed by atoms with Gasteiger partial charge in [-0.1, -0.05) is 18.2 Å². The molecule has 2 N–H and O–H groups in total. The van der Waals surface area contributed by atoms with Crippen LogP contribution in [0.1, 0.15) is 17.5 Å². The van der Waals surface area contributed by atoms with Crippen LogP contribution in [0.25, 0.3) is 0 Å². The predicted octanol–water partition coefficient (Wildman–Crippen LogP) is 3.44. The van der Waals surface area contributed by atoms with E-state index in [0.29, 0.717) is 18.5 Å². The molecular weight excluding hydrogens is 350 g/mol. The third-order valence-electron chi connectivity index (χ3n) is 3.90. The summed E-state index contributed by atoms with van der Waals surface area (Å²) >= 11 is 0. The molecule has 1 amide bonds. The molecule has 25 heavy (non-hydrogen) atoms. The zero-order chi connectivity index (χ0) is 16.9. The fourth-order valence-corrected chi connectivity index (χ4v) is 2.66. The molecule has 0 unspecified atom stereocenters. The van der Waals surface area contributed by atoms with Gasteiger partial charge in [0.05, 0.1) is 18.7 Å². The fraction of sp³-hybridized carbons (Fsp3) is 0.278.